The number of nitrogens with zero attached hydrogens (tertiary/aromatic N) is 1. The van der Waals surface area contributed by atoms with Gasteiger partial charge in [-0.1, -0.05) is 0 Å². The largest absolute Gasteiger partial charge is 0.468 e. The Morgan fingerprint density at radius 2 is 2.21 bits per heavy atom. The van der Waals surface area contributed by atoms with Crippen molar-refractivity contribution in [1.29, 1.82) is 0 Å². The Morgan fingerprint density at radius 3 is 2.84 bits per heavy atom. The maximum absolute atomic E-state index is 5.63. The monoisotopic (exact) mass is 264 g/mol. The van der Waals surface area contributed by atoms with Crippen molar-refractivity contribution in [2.24, 2.45) is 0 Å². The van der Waals surface area contributed by atoms with Gasteiger partial charge in [0.05, 0.1) is 18.4 Å². The minimum Gasteiger partial charge on any atom is -0.468 e. The van der Waals surface area contributed by atoms with E-state index in [4.69, 9.17) is 9.15 Å². The van der Waals surface area contributed by atoms with Gasteiger partial charge in [-0.25, -0.2) is 0 Å². The van der Waals surface area contributed by atoms with E-state index in [-0.39, 0.29) is 0 Å². The number of likely N-dealkylation sites (tertiary alicyclic amines) is 1. The van der Waals surface area contributed by atoms with Gasteiger partial charge in [-0.05, 0) is 50.9 Å². The summed E-state index contributed by atoms with van der Waals surface area (Å²) in [6.07, 6.45) is 7.15. The molecule has 3 rings (SSSR count). The van der Waals surface area contributed by atoms with Gasteiger partial charge in [0.2, 0.25) is 0 Å². The van der Waals surface area contributed by atoms with E-state index in [0.29, 0.717) is 18.2 Å². The van der Waals surface area contributed by atoms with E-state index < -0.39 is 0 Å². The van der Waals surface area contributed by atoms with Crippen LogP contribution in [0, 0.1) is 0 Å². The van der Waals surface area contributed by atoms with E-state index in [0.717, 1.165) is 25.1 Å². The summed E-state index contributed by atoms with van der Waals surface area (Å²) in [5.41, 5.74) is 0. The molecule has 2 aliphatic rings. The zero-order valence-corrected chi connectivity index (χ0v) is 11.7. The lowest BCUT2D eigenvalue weighted by Crippen LogP contribution is -2.47. The van der Waals surface area contributed by atoms with Gasteiger partial charge in [-0.2, -0.15) is 0 Å². The molecule has 106 valence electrons. The van der Waals surface area contributed by atoms with Crippen LogP contribution in [0.2, 0.25) is 0 Å². The highest BCUT2D eigenvalue weighted by molar-refractivity contribution is 5.06. The molecule has 1 unspecified atom stereocenters. The van der Waals surface area contributed by atoms with Crippen molar-refractivity contribution in [1.82, 2.24) is 10.2 Å². The van der Waals surface area contributed by atoms with Gasteiger partial charge >= 0.3 is 0 Å². The number of methoxy groups -OCH3 is 1. The molecule has 4 nitrogen and oxygen atoms in total. The van der Waals surface area contributed by atoms with Gasteiger partial charge < -0.3 is 14.5 Å². The summed E-state index contributed by atoms with van der Waals surface area (Å²) < 4.78 is 11.0. The van der Waals surface area contributed by atoms with E-state index in [9.17, 15) is 0 Å². The maximum Gasteiger partial charge on any atom is 0.122 e. The molecule has 1 saturated carbocycles. The summed E-state index contributed by atoms with van der Waals surface area (Å²) in [5, 5.41) is 3.67. The first-order valence-electron chi connectivity index (χ1n) is 7.40. The van der Waals surface area contributed by atoms with E-state index in [1.165, 1.54) is 25.9 Å². The molecule has 0 aromatic carbocycles. The second-order valence-corrected chi connectivity index (χ2v) is 5.71. The van der Waals surface area contributed by atoms with E-state index in [2.05, 4.69) is 16.3 Å². The lowest BCUT2D eigenvalue weighted by atomic mass is 9.89. The third kappa shape index (κ3) is 3.02. The van der Waals surface area contributed by atoms with Crippen LogP contribution in [0.3, 0.4) is 0 Å². The summed E-state index contributed by atoms with van der Waals surface area (Å²) in [4.78, 5) is 2.54. The molecule has 1 aliphatic heterocycles. The molecule has 1 aliphatic carbocycles. The molecule has 4 heteroatoms. The molecular formula is C15H24N2O2. The number of furan rings is 1. The molecule has 1 N–H and O–H groups in total. The van der Waals surface area contributed by atoms with Crippen molar-refractivity contribution < 1.29 is 9.15 Å². The molecule has 0 spiro atoms. The minimum absolute atomic E-state index is 0.388. The normalized spacial score (nSPS) is 29.3. The van der Waals surface area contributed by atoms with Crippen molar-refractivity contribution in [3.8, 4) is 0 Å². The second-order valence-electron chi connectivity index (χ2n) is 5.71. The highest BCUT2D eigenvalue weighted by atomic mass is 16.5. The summed E-state index contributed by atoms with van der Waals surface area (Å²) in [6.45, 7) is 3.37. The SMILES string of the molecule is COC1CC(NCC(c2ccco2)N2CCCC2)C1. The molecule has 2 heterocycles. The fourth-order valence-electron chi connectivity index (χ4n) is 3.15. The Kier molecular flexibility index (Phi) is 4.21. The third-order valence-electron chi connectivity index (χ3n) is 4.48. The van der Waals surface area contributed by atoms with Gasteiger partial charge in [-0.15, -0.1) is 0 Å². The Labute approximate surface area is 115 Å². The molecule has 0 amide bonds. The summed E-state index contributed by atoms with van der Waals surface area (Å²) in [7, 11) is 1.80. The van der Waals surface area contributed by atoms with Crippen LogP contribution in [0.1, 0.15) is 37.5 Å². The highest BCUT2D eigenvalue weighted by Crippen LogP contribution is 2.27. The number of rotatable bonds is 6. The third-order valence-corrected chi connectivity index (χ3v) is 4.48. The Balaban J connectivity index is 1.54. The minimum atomic E-state index is 0.388. The van der Waals surface area contributed by atoms with Crippen LogP contribution in [-0.2, 0) is 4.74 Å². The second kappa shape index (κ2) is 6.07. The number of ether oxygens (including phenoxy) is 1. The van der Waals surface area contributed by atoms with Gasteiger partial charge in [0.15, 0.2) is 0 Å². The quantitative estimate of drug-likeness (QED) is 0.854. The van der Waals surface area contributed by atoms with Crippen molar-refractivity contribution in [2.45, 2.75) is 43.9 Å². The van der Waals surface area contributed by atoms with E-state index in [1.54, 1.807) is 13.4 Å². The molecule has 1 atom stereocenters. The first kappa shape index (κ1) is 13.2. The van der Waals surface area contributed by atoms with Crippen LogP contribution in [0.5, 0.6) is 0 Å². The summed E-state index contributed by atoms with van der Waals surface area (Å²) in [6, 6.07) is 5.09. The average Bonchev–Trinajstić information content (AvgIpc) is 3.04. The molecule has 1 aromatic rings. The smallest absolute Gasteiger partial charge is 0.122 e. The summed E-state index contributed by atoms with van der Waals surface area (Å²) >= 11 is 0. The number of nitrogens with one attached hydrogen (secondary N) is 1. The van der Waals surface area contributed by atoms with E-state index in [1.807, 2.05) is 6.07 Å². The molecule has 0 radical (unpaired) electrons. The predicted octanol–water partition coefficient (Wildman–Crippen LogP) is 2.18. The standard InChI is InChI=1S/C15H24N2O2/c1-18-13-9-12(10-13)16-11-14(15-5-4-8-19-15)17-6-2-3-7-17/h4-5,8,12-14,16H,2-3,6-7,9-11H2,1H3. The van der Waals surface area contributed by atoms with Crippen LogP contribution < -0.4 is 5.32 Å². The van der Waals surface area contributed by atoms with Crippen molar-refractivity contribution >= 4 is 0 Å². The molecular weight excluding hydrogens is 240 g/mol. The lowest BCUT2D eigenvalue weighted by Gasteiger charge is -2.36. The number of hydrogen-bond donors (Lipinski definition) is 1. The zero-order chi connectivity index (χ0) is 13.1. The maximum atomic E-state index is 5.63. The van der Waals surface area contributed by atoms with E-state index >= 15 is 0 Å². The first-order valence-corrected chi connectivity index (χ1v) is 7.40. The van der Waals surface area contributed by atoms with Crippen LogP contribution in [0.4, 0.5) is 0 Å². The summed E-state index contributed by atoms with van der Waals surface area (Å²) in [5.74, 6) is 1.09. The average molecular weight is 264 g/mol. The van der Waals surface area contributed by atoms with Gasteiger partial charge in [0.1, 0.15) is 5.76 Å². The number of hydrogen-bond acceptors (Lipinski definition) is 4. The Hall–Kier alpha value is -0.840. The Morgan fingerprint density at radius 1 is 1.42 bits per heavy atom. The fraction of sp³-hybridized carbons (Fsp3) is 0.733. The topological polar surface area (TPSA) is 37.6 Å². The molecule has 2 fully saturated rings. The van der Waals surface area contributed by atoms with Gasteiger partial charge in [-0.3, -0.25) is 4.90 Å². The molecule has 1 aromatic heterocycles. The van der Waals surface area contributed by atoms with Crippen LogP contribution in [0.15, 0.2) is 22.8 Å². The van der Waals surface area contributed by atoms with Gasteiger partial charge in [0.25, 0.3) is 0 Å². The zero-order valence-electron chi connectivity index (χ0n) is 11.7. The lowest BCUT2D eigenvalue weighted by molar-refractivity contribution is 0.0152. The van der Waals surface area contributed by atoms with Crippen LogP contribution in [0.25, 0.3) is 0 Å². The molecule has 1 saturated heterocycles. The van der Waals surface area contributed by atoms with Crippen molar-refractivity contribution in [3.63, 3.8) is 0 Å². The van der Waals surface area contributed by atoms with Gasteiger partial charge in [0, 0.05) is 19.7 Å². The van der Waals surface area contributed by atoms with Crippen molar-refractivity contribution in [3.05, 3.63) is 24.2 Å². The van der Waals surface area contributed by atoms with Crippen molar-refractivity contribution in [2.75, 3.05) is 26.7 Å². The highest BCUT2D eigenvalue weighted by Gasteiger charge is 2.31. The van der Waals surface area contributed by atoms with Crippen LogP contribution >= 0.6 is 0 Å². The fourth-order valence-corrected chi connectivity index (χ4v) is 3.15. The molecule has 0 bridgehead atoms. The first-order chi connectivity index (χ1) is 9.36. The molecule has 19 heavy (non-hydrogen) atoms. The van der Waals surface area contributed by atoms with Crippen LogP contribution in [-0.4, -0.2) is 43.8 Å². The Bertz CT molecular complexity index is 368. The predicted molar refractivity (Wildman–Crippen MR) is 74.1 cm³/mol.